The monoisotopic (exact) mass is 283 g/mol. The maximum atomic E-state index is 12.2. The van der Waals surface area contributed by atoms with Gasteiger partial charge in [0.2, 0.25) is 10.0 Å². The predicted molar refractivity (Wildman–Crippen MR) is 70.3 cm³/mol. The first-order chi connectivity index (χ1) is 8.83. The fourth-order valence-corrected chi connectivity index (χ4v) is 3.73. The summed E-state index contributed by atoms with van der Waals surface area (Å²) < 4.78 is 27.0. The van der Waals surface area contributed by atoms with Crippen molar-refractivity contribution in [2.24, 2.45) is 0 Å². The molecular formula is C13H17NO4S. The van der Waals surface area contributed by atoms with E-state index in [2.05, 4.69) is 4.72 Å². The van der Waals surface area contributed by atoms with E-state index in [1.807, 2.05) is 6.92 Å². The lowest BCUT2D eigenvalue weighted by Crippen LogP contribution is -2.54. The van der Waals surface area contributed by atoms with Crippen molar-refractivity contribution < 1.29 is 18.3 Å². The van der Waals surface area contributed by atoms with E-state index in [0.29, 0.717) is 12.8 Å². The van der Waals surface area contributed by atoms with E-state index in [-0.39, 0.29) is 11.3 Å². The Morgan fingerprint density at radius 1 is 1.32 bits per heavy atom. The molecule has 2 rings (SSSR count). The first kappa shape index (κ1) is 14.0. The number of aryl methyl sites for hydroxylation is 1. The largest absolute Gasteiger partial charge is 0.481 e. The molecule has 0 radical (unpaired) electrons. The molecular weight excluding hydrogens is 266 g/mol. The van der Waals surface area contributed by atoms with Crippen molar-refractivity contribution in [1.29, 1.82) is 0 Å². The molecule has 2 N–H and O–H groups in total. The number of nitrogens with one attached hydrogen (secondary N) is 1. The summed E-state index contributed by atoms with van der Waals surface area (Å²) in [7, 11) is -3.65. The zero-order valence-corrected chi connectivity index (χ0v) is 11.5. The zero-order valence-electron chi connectivity index (χ0n) is 10.7. The predicted octanol–water partition coefficient (Wildman–Crippen LogP) is 1.67. The molecule has 0 heterocycles. The summed E-state index contributed by atoms with van der Waals surface area (Å²) in [6, 6.07) is 6.51. The van der Waals surface area contributed by atoms with Gasteiger partial charge in [-0.2, -0.15) is 0 Å². The number of rotatable bonds is 5. The second-order valence-corrected chi connectivity index (χ2v) is 6.81. The SMILES string of the molecule is Cc1ccc(S(=O)(=O)NC2(CC(=O)O)CCC2)cc1. The van der Waals surface area contributed by atoms with E-state index in [9.17, 15) is 13.2 Å². The Balaban J connectivity index is 2.21. The Hall–Kier alpha value is -1.40. The summed E-state index contributed by atoms with van der Waals surface area (Å²) in [5.41, 5.74) is 0.165. The molecule has 0 bridgehead atoms. The van der Waals surface area contributed by atoms with Crippen molar-refractivity contribution in [3.05, 3.63) is 29.8 Å². The number of carboxylic acids is 1. The average Bonchev–Trinajstić information content (AvgIpc) is 2.25. The summed E-state index contributed by atoms with van der Waals surface area (Å²) in [5, 5.41) is 8.88. The third-order valence-corrected chi connectivity index (χ3v) is 5.08. The van der Waals surface area contributed by atoms with Crippen LogP contribution >= 0.6 is 0 Å². The third kappa shape index (κ3) is 3.13. The Morgan fingerprint density at radius 3 is 2.32 bits per heavy atom. The minimum atomic E-state index is -3.65. The quantitative estimate of drug-likeness (QED) is 0.861. The molecule has 0 atom stereocenters. The van der Waals surface area contributed by atoms with Gasteiger partial charge in [-0.15, -0.1) is 0 Å². The Labute approximate surface area is 112 Å². The van der Waals surface area contributed by atoms with Gasteiger partial charge in [0.05, 0.1) is 11.3 Å². The van der Waals surface area contributed by atoms with Gasteiger partial charge in [-0.25, -0.2) is 13.1 Å². The van der Waals surface area contributed by atoms with Crippen molar-refractivity contribution in [3.63, 3.8) is 0 Å². The molecule has 1 aliphatic carbocycles. The Bertz CT molecular complexity index is 573. The van der Waals surface area contributed by atoms with Crippen LogP contribution in [0, 0.1) is 6.92 Å². The molecule has 104 valence electrons. The van der Waals surface area contributed by atoms with Crippen LogP contribution in [0.4, 0.5) is 0 Å². The fourth-order valence-electron chi connectivity index (χ4n) is 2.27. The summed E-state index contributed by atoms with van der Waals surface area (Å²) >= 11 is 0. The lowest BCUT2D eigenvalue weighted by molar-refractivity contribution is -0.139. The summed E-state index contributed by atoms with van der Waals surface area (Å²) in [4.78, 5) is 11.0. The van der Waals surface area contributed by atoms with Crippen molar-refractivity contribution in [2.45, 2.75) is 43.0 Å². The van der Waals surface area contributed by atoms with Gasteiger partial charge in [0, 0.05) is 5.54 Å². The molecule has 0 spiro atoms. The van der Waals surface area contributed by atoms with Gasteiger partial charge in [-0.1, -0.05) is 17.7 Å². The Morgan fingerprint density at radius 2 is 1.89 bits per heavy atom. The first-order valence-electron chi connectivity index (χ1n) is 6.15. The highest BCUT2D eigenvalue weighted by Crippen LogP contribution is 2.36. The van der Waals surface area contributed by atoms with Crippen molar-refractivity contribution >= 4 is 16.0 Å². The number of hydrogen-bond acceptors (Lipinski definition) is 3. The van der Waals surface area contributed by atoms with E-state index in [1.165, 1.54) is 12.1 Å². The topological polar surface area (TPSA) is 83.5 Å². The van der Waals surface area contributed by atoms with E-state index >= 15 is 0 Å². The van der Waals surface area contributed by atoms with Crippen LogP contribution in [0.15, 0.2) is 29.2 Å². The second-order valence-electron chi connectivity index (χ2n) is 5.12. The maximum absolute atomic E-state index is 12.2. The molecule has 1 aromatic rings. The van der Waals surface area contributed by atoms with Crippen LogP contribution in [0.1, 0.15) is 31.2 Å². The lowest BCUT2D eigenvalue weighted by Gasteiger charge is -2.40. The normalized spacial score (nSPS) is 17.7. The lowest BCUT2D eigenvalue weighted by atomic mass is 9.75. The molecule has 6 heteroatoms. The molecule has 1 aromatic carbocycles. The second kappa shape index (κ2) is 4.94. The first-order valence-corrected chi connectivity index (χ1v) is 7.64. The number of hydrogen-bond donors (Lipinski definition) is 2. The van der Waals surface area contributed by atoms with Crippen LogP contribution in [0.3, 0.4) is 0 Å². The number of carboxylic acid groups (broad SMARTS) is 1. The highest BCUT2D eigenvalue weighted by atomic mass is 32.2. The minimum Gasteiger partial charge on any atom is -0.481 e. The summed E-state index contributed by atoms with van der Waals surface area (Å²) in [6.07, 6.45) is 1.83. The molecule has 1 fully saturated rings. The highest BCUT2D eigenvalue weighted by Gasteiger charge is 2.42. The van der Waals surface area contributed by atoms with Crippen LogP contribution < -0.4 is 4.72 Å². The van der Waals surface area contributed by atoms with E-state index < -0.39 is 21.5 Å². The molecule has 0 saturated heterocycles. The van der Waals surface area contributed by atoms with Gasteiger partial charge in [0.1, 0.15) is 0 Å². The van der Waals surface area contributed by atoms with Gasteiger partial charge in [-0.05, 0) is 38.3 Å². The maximum Gasteiger partial charge on any atom is 0.305 e. The minimum absolute atomic E-state index is 0.169. The number of sulfonamides is 1. The third-order valence-electron chi connectivity index (χ3n) is 3.48. The summed E-state index contributed by atoms with van der Waals surface area (Å²) in [5.74, 6) is -0.980. The van der Waals surface area contributed by atoms with Crippen molar-refractivity contribution in [3.8, 4) is 0 Å². The summed E-state index contributed by atoms with van der Waals surface area (Å²) in [6.45, 7) is 1.88. The molecule has 5 nitrogen and oxygen atoms in total. The van der Waals surface area contributed by atoms with Crippen molar-refractivity contribution in [2.75, 3.05) is 0 Å². The number of carbonyl (C=O) groups is 1. The molecule has 0 amide bonds. The smallest absolute Gasteiger partial charge is 0.305 e. The van der Waals surface area contributed by atoms with Gasteiger partial charge < -0.3 is 5.11 Å². The molecule has 0 unspecified atom stereocenters. The Kier molecular flexibility index (Phi) is 3.64. The molecule has 1 saturated carbocycles. The highest BCUT2D eigenvalue weighted by molar-refractivity contribution is 7.89. The molecule has 1 aliphatic rings. The molecule has 0 aliphatic heterocycles. The molecule has 19 heavy (non-hydrogen) atoms. The molecule has 0 aromatic heterocycles. The number of aliphatic carboxylic acids is 1. The average molecular weight is 283 g/mol. The van der Waals surface area contributed by atoms with Crippen LogP contribution in [0.25, 0.3) is 0 Å². The van der Waals surface area contributed by atoms with E-state index in [4.69, 9.17) is 5.11 Å². The van der Waals surface area contributed by atoms with Crippen LogP contribution in [-0.4, -0.2) is 25.0 Å². The van der Waals surface area contributed by atoms with E-state index in [1.54, 1.807) is 12.1 Å². The standard InChI is InChI=1S/C13H17NO4S/c1-10-3-5-11(6-4-10)19(17,18)14-13(7-2-8-13)9-12(15)16/h3-6,14H,2,7-9H2,1H3,(H,15,16). The van der Waals surface area contributed by atoms with E-state index in [0.717, 1.165) is 12.0 Å². The van der Waals surface area contributed by atoms with Crippen LogP contribution in [0.5, 0.6) is 0 Å². The van der Waals surface area contributed by atoms with Crippen molar-refractivity contribution in [1.82, 2.24) is 4.72 Å². The van der Waals surface area contributed by atoms with Gasteiger partial charge in [0.25, 0.3) is 0 Å². The van der Waals surface area contributed by atoms with Gasteiger partial charge >= 0.3 is 5.97 Å². The van der Waals surface area contributed by atoms with Crippen LogP contribution in [0.2, 0.25) is 0 Å². The fraction of sp³-hybridized carbons (Fsp3) is 0.462. The van der Waals surface area contributed by atoms with Gasteiger partial charge in [0.15, 0.2) is 0 Å². The van der Waals surface area contributed by atoms with Gasteiger partial charge in [-0.3, -0.25) is 4.79 Å². The van der Waals surface area contributed by atoms with Crippen LogP contribution in [-0.2, 0) is 14.8 Å². The number of benzene rings is 1. The zero-order chi connectivity index (χ0) is 14.1.